The Bertz CT molecular complexity index is 309. The summed E-state index contributed by atoms with van der Waals surface area (Å²) in [6.45, 7) is 1.41. The Morgan fingerprint density at radius 2 is 1.79 bits per heavy atom. The molecule has 0 nitrogen and oxygen atoms in total. The average Bonchev–Trinajstić information content (AvgIpc) is 2.14. The van der Waals surface area contributed by atoms with Gasteiger partial charge in [0, 0.05) is 12.0 Å². The van der Waals surface area contributed by atoms with E-state index in [2.05, 4.69) is 0 Å². The molecule has 0 amide bonds. The zero-order valence-corrected chi connectivity index (χ0v) is 7.81. The van der Waals surface area contributed by atoms with Gasteiger partial charge in [-0.25, -0.2) is 0 Å². The molecule has 0 aromatic heterocycles. The maximum atomic E-state index is 12.3. The van der Waals surface area contributed by atoms with Gasteiger partial charge in [0.15, 0.2) is 0 Å². The van der Waals surface area contributed by atoms with Crippen molar-refractivity contribution in [3.63, 3.8) is 0 Å². The number of hydrogen-bond acceptors (Lipinski definition) is 0. The third kappa shape index (κ3) is 2.91. The lowest BCUT2D eigenvalue weighted by atomic mass is 10.1. The number of allylic oxidation sites excluding steroid dienone is 2. The molecule has 0 saturated carbocycles. The fourth-order valence-electron chi connectivity index (χ4n) is 1.18. The van der Waals surface area contributed by atoms with Crippen LogP contribution in [0.3, 0.4) is 0 Å². The van der Waals surface area contributed by atoms with Crippen molar-refractivity contribution in [3.8, 4) is 0 Å². The summed E-state index contributed by atoms with van der Waals surface area (Å²) < 4.78 is 37.0. The molecule has 14 heavy (non-hydrogen) atoms. The first-order valence-corrected chi connectivity index (χ1v) is 4.30. The van der Waals surface area contributed by atoms with Gasteiger partial charge in [0.05, 0.1) is 0 Å². The third-order valence-corrected chi connectivity index (χ3v) is 1.95. The smallest absolute Gasteiger partial charge is 0.166 e. The zero-order chi connectivity index (χ0) is 10.6. The van der Waals surface area contributed by atoms with E-state index in [1.54, 1.807) is 30.3 Å². The standard InChI is InChI=1S/C11H11F3/c1-2-10(11(12,13)14)8-9-6-4-3-5-7-9/h2-7H,8H2,1H3/b10-2-. The highest BCUT2D eigenvalue weighted by molar-refractivity contribution is 5.23. The number of rotatable bonds is 2. The third-order valence-electron chi connectivity index (χ3n) is 1.95. The quantitative estimate of drug-likeness (QED) is 0.638. The molecule has 0 atom stereocenters. The van der Waals surface area contributed by atoms with Gasteiger partial charge in [-0.05, 0) is 12.5 Å². The molecular formula is C11H11F3. The molecule has 76 valence electrons. The van der Waals surface area contributed by atoms with Crippen LogP contribution in [0.1, 0.15) is 12.5 Å². The first kappa shape index (κ1) is 10.8. The van der Waals surface area contributed by atoms with Gasteiger partial charge < -0.3 is 0 Å². The van der Waals surface area contributed by atoms with Crippen LogP contribution < -0.4 is 0 Å². The molecule has 1 aromatic rings. The Morgan fingerprint density at radius 1 is 1.21 bits per heavy atom. The molecule has 0 radical (unpaired) electrons. The number of alkyl halides is 3. The summed E-state index contributed by atoms with van der Waals surface area (Å²) in [5.74, 6) is 0. The molecule has 0 fully saturated rings. The molecule has 0 aliphatic heterocycles. The summed E-state index contributed by atoms with van der Waals surface area (Å²) in [4.78, 5) is 0. The van der Waals surface area contributed by atoms with Gasteiger partial charge in [0.1, 0.15) is 0 Å². The molecule has 0 heterocycles. The van der Waals surface area contributed by atoms with Gasteiger partial charge in [-0.3, -0.25) is 0 Å². The maximum Gasteiger partial charge on any atom is 0.412 e. The highest BCUT2D eigenvalue weighted by atomic mass is 19.4. The van der Waals surface area contributed by atoms with Gasteiger partial charge in [-0.1, -0.05) is 36.4 Å². The zero-order valence-electron chi connectivity index (χ0n) is 7.81. The normalized spacial score (nSPS) is 13.0. The van der Waals surface area contributed by atoms with Gasteiger partial charge in [-0.15, -0.1) is 0 Å². The summed E-state index contributed by atoms with van der Waals surface area (Å²) in [5, 5.41) is 0. The van der Waals surface area contributed by atoms with E-state index < -0.39 is 11.7 Å². The van der Waals surface area contributed by atoms with Gasteiger partial charge >= 0.3 is 6.18 Å². The lowest BCUT2D eigenvalue weighted by molar-refractivity contribution is -0.0933. The van der Waals surface area contributed by atoms with Crippen LogP contribution in [-0.4, -0.2) is 6.18 Å². The van der Waals surface area contributed by atoms with Crippen LogP contribution in [0.2, 0.25) is 0 Å². The van der Waals surface area contributed by atoms with Crippen molar-refractivity contribution in [2.24, 2.45) is 0 Å². The monoisotopic (exact) mass is 200 g/mol. The SMILES string of the molecule is C/C=C(/Cc1ccccc1)C(F)(F)F. The number of benzene rings is 1. The van der Waals surface area contributed by atoms with E-state index in [4.69, 9.17) is 0 Å². The molecule has 0 bridgehead atoms. The van der Waals surface area contributed by atoms with E-state index in [0.717, 1.165) is 6.08 Å². The highest BCUT2D eigenvalue weighted by Crippen LogP contribution is 2.28. The van der Waals surface area contributed by atoms with E-state index in [9.17, 15) is 13.2 Å². The van der Waals surface area contributed by atoms with Crippen LogP contribution in [0.5, 0.6) is 0 Å². The van der Waals surface area contributed by atoms with Crippen LogP contribution in [-0.2, 0) is 6.42 Å². The Morgan fingerprint density at radius 3 is 2.21 bits per heavy atom. The Hall–Kier alpha value is -1.25. The van der Waals surface area contributed by atoms with Crippen molar-refractivity contribution in [2.45, 2.75) is 19.5 Å². The van der Waals surface area contributed by atoms with Crippen molar-refractivity contribution >= 4 is 0 Å². The molecule has 0 aliphatic carbocycles. The van der Waals surface area contributed by atoms with Crippen LogP contribution in [0.25, 0.3) is 0 Å². The molecule has 3 heteroatoms. The molecule has 1 rings (SSSR count). The lowest BCUT2D eigenvalue weighted by Crippen LogP contribution is -2.13. The van der Waals surface area contributed by atoms with Crippen LogP contribution >= 0.6 is 0 Å². The summed E-state index contributed by atoms with van der Waals surface area (Å²) >= 11 is 0. The van der Waals surface area contributed by atoms with Crippen LogP contribution in [0.4, 0.5) is 13.2 Å². The number of hydrogen-bond donors (Lipinski definition) is 0. The second-order valence-electron chi connectivity index (χ2n) is 2.97. The minimum atomic E-state index is -4.22. The second-order valence-corrected chi connectivity index (χ2v) is 2.97. The summed E-state index contributed by atoms with van der Waals surface area (Å²) in [7, 11) is 0. The summed E-state index contributed by atoms with van der Waals surface area (Å²) in [5.41, 5.74) is 0.182. The molecule has 0 unspecified atom stereocenters. The van der Waals surface area contributed by atoms with Crippen molar-refractivity contribution in [1.29, 1.82) is 0 Å². The van der Waals surface area contributed by atoms with E-state index in [1.165, 1.54) is 6.92 Å². The van der Waals surface area contributed by atoms with Crippen molar-refractivity contribution in [3.05, 3.63) is 47.5 Å². The van der Waals surface area contributed by atoms with Crippen molar-refractivity contribution < 1.29 is 13.2 Å². The number of halogens is 3. The average molecular weight is 200 g/mol. The van der Waals surface area contributed by atoms with E-state index >= 15 is 0 Å². The molecular weight excluding hydrogens is 189 g/mol. The fraction of sp³-hybridized carbons (Fsp3) is 0.273. The Labute approximate surface area is 81.1 Å². The summed E-state index contributed by atoms with van der Waals surface area (Å²) in [6.07, 6.45) is -3.15. The van der Waals surface area contributed by atoms with Gasteiger partial charge in [0.2, 0.25) is 0 Å². The molecule has 0 spiro atoms. The van der Waals surface area contributed by atoms with Crippen LogP contribution in [0.15, 0.2) is 42.0 Å². The predicted octanol–water partition coefficient (Wildman–Crippen LogP) is 3.74. The Kier molecular flexibility index (Phi) is 3.33. The topological polar surface area (TPSA) is 0 Å². The van der Waals surface area contributed by atoms with E-state index in [-0.39, 0.29) is 6.42 Å². The molecule has 0 aliphatic rings. The molecule has 1 aromatic carbocycles. The van der Waals surface area contributed by atoms with Crippen molar-refractivity contribution in [2.75, 3.05) is 0 Å². The fourth-order valence-corrected chi connectivity index (χ4v) is 1.18. The van der Waals surface area contributed by atoms with E-state index in [1.807, 2.05) is 0 Å². The van der Waals surface area contributed by atoms with Crippen LogP contribution in [0, 0.1) is 0 Å². The highest BCUT2D eigenvalue weighted by Gasteiger charge is 2.32. The van der Waals surface area contributed by atoms with Crippen molar-refractivity contribution in [1.82, 2.24) is 0 Å². The van der Waals surface area contributed by atoms with Gasteiger partial charge in [-0.2, -0.15) is 13.2 Å². The largest absolute Gasteiger partial charge is 0.412 e. The first-order chi connectivity index (χ1) is 6.54. The lowest BCUT2D eigenvalue weighted by Gasteiger charge is -2.10. The molecule has 0 saturated heterocycles. The Balaban J connectivity index is 2.78. The minimum absolute atomic E-state index is 0.0547. The maximum absolute atomic E-state index is 12.3. The predicted molar refractivity (Wildman–Crippen MR) is 50.0 cm³/mol. The first-order valence-electron chi connectivity index (χ1n) is 4.30. The molecule has 0 N–H and O–H groups in total. The van der Waals surface area contributed by atoms with Gasteiger partial charge in [0.25, 0.3) is 0 Å². The van der Waals surface area contributed by atoms with E-state index in [0.29, 0.717) is 5.56 Å². The summed E-state index contributed by atoms with van der Waals surface area (Å²) in [6, 6.07) is 8.63. The second kappa shape index (κ2) is 4.31. The minimum Gasteiger partial charge on any atom is -0.166 e.